The number of hydrogen-bond donors (Lipinski definition) is 4. The SMILES string of the molecule is CC/C=C\C/C=C\C/C=C\C/C=C\CCCCCCC(=O)OCC(COP(=O)(O)OCC(O)COP(=O)(O)OCC(O)COC(=O)CCCCCCCC/C=C\C/C=C\C/C=C\CCCCC)OC(=O)CCCCCCC/C=C\CCCCCCCC. The maximum absolute atomic E-state index is 12.9. The van der Waals surface area contributed by atoms with Crippen molar-refractivity contribution in [3.63, 3.8) is 0 Å². The number of phosphoric acid groups is 2. The smallest absolute Gasteiger partial charge is 0.463 e. The minimum Gasteiger partial charge on any atom is -0.463 e. The van der Waals surface area contributed by atoms with Gasteiger partial charge in [0.1, 0.15) is 25.4 Å². The van der Waals surface area contributed by atoms with Gasteiger partial charge in [-0.2, -0.15) is 0 Å². The van der Waals surface area contributed by atoms with Gasteiger partial charge >= 0.3 is 33.6 Å². The zero-order valence-electron chi connectivity index (χ0n) is 54.2. The van der Waals surface area contributed by atoms with Crippen molar-refractivity contribution in [1.82, 2.24) is 0 Å². The predicted molar refractivity (Wildman–Crippen MR) is 353 cm³/mol. The van der Waals surface area contributed by atoms with Crippen LogP contribution in [0.15, 0.2) is 97.2 Å². The van der Waals surface area contributed by atoms with Crippen LogP contribution >= 0.6 is 15.6 Å². The van der Waals surface area contributed by atoms with Gasteiger partial charge < -0.3 is 34.2 Å². The Labute approximate surface area is 527 Å². The molecule has 0 amide bonds. The Kier molecular flexibility index (Phi) is 60.1. The fourth-order valence-corrected chi connectivity index (χ4v) is 10.2. The number of unbranched alkanes of at least 4 members (excludes halogenated alkanes) is 24. The number of esters is 3. The molecule has 0 heterocycles. The summed E-state index contributed by atoms with van der Waals surface area (Å²) in [7, 11) is -9.78. The average molecular weight is 1270 g/mol. The molecule has 0 radical (unpaired) electrons. The third-order valence-corrected chi connectivity index (χ3v) is 15.7. The van der Waals surface area contributed by atoms with Gasteiger partial charge in [-0.05, 0) is 122 Å². The Morgan fingerprint density at radius 1 is 0.333 bits per heavy atom. The number of hydrogen-bond acceptors (Lipinski definition) is 14. The Morgan fingerprint density at radius 2 is 0.609 bits per heavy atom. The molecule has 4 N–H and O–H groups in total. The van der Waals surface area contributed by atoms with E-state index in [4.69, 9.17) is 32.3 Å². The summed E-state index contributed by atoms with van der Waals surface area (Å²) in [6.45, 7) is 2.47. The lowest BCUT2D eigenvalue weighted by molar-refractivity contribution is -0.161. The molecule has 0 saturated heterocycles. The van der Waals surface area contributed by atoms with E-state index in [0.717, 1.165) is 141 Å². The van der Waals surface area contributed by atoms with Gasteiger partial charge in [0, 0.05) is 19.3 Å². The number of rotatable bonds is 63. The van der Waals surface area contributed by atoms with Crippen molar-refractivity contribution >= 4 is 33.6 Å². The van der Waals surface area contributed by atoms with Crippen LogP contribution in [0.4, 0.5) is 0 Å². The summed E-state index contributed by atoms with van der Waals surface area (Å²) >= 11 is 0. The summed E-state index contributed by atoms with van der Waals surface area (Å²) < 4.78 is 60.8. The first-order valence-corrected chi connectivity index (χ1v) is 36.5. The van der Waals surface area contributed by atoms with Crippen molar-refractivity contribution in [3.05, 3.63) is 97.2 Å². The van der Waals surface area contributed by atoms with Gasteiger partial charge in [-0.15, -0.1) is 0 Å². The van der Waals surface area contributed by atoms with Gasteiger partial charge in [-0.1, -0.05) is 221 Å². The highest BCUT2D eigenvalue weighted by molar-refractivity contribution is 7.47. The fourth-order valence-electron chi connectivity index (χ4n) is 8.62. The van der Waals surface area contributed by atoms with Gasteiger partial charge in [0.05, 0.1) is 26.4 Å². The maximum Gasteiger partial charge on any atom is 0.472 e. The van der Waals surface area contributed by atoms with Crippen LogP contribution in [0.5, 0.6) is 0 Å². The number of ether oxygens (including phenoxy) is 3. The summed E-state index contributed by atoms with van der Waals surface area (Å²) in [5, 5.41) is 20.5. The van der Waals surface area contributed by atoms with Crippen molar-refractivity contribution in [2.45, 2.75) is 283 Å². The van der Waals surface area contributed by atoms with Crippen molar-refractivity contribution < 1.29 is 75.8 Å². The number of aliphatic hydroxyl groups is 2. The molecule has 0 aromatic rings. The van der Waals surface area contributed by atoms with Crippen LogP contribution in [0.1, 0.15) is 265 Å². The largest absolute Gasteiger partial charge is 0.472 e. The Hall–Kier alpha value is -3.53. The summed E-state index contributed by atoms with van der Waals surface area (Å²) in [6.07, 6.45) is 67.4. The standard InChI is InChI=1S/C69H120O16P2/c1-4-7-10-13-16-19-22-25-28-30-31-33-36-37-40-43-46-49-52-55-67(72)79-58-64(70)59-81-86(75,76)82-60-65(71)61-83-87(77,78)84-63-66(85-69(74)57-54-51-48-45-42-39-34-27-24-21-18-15-12-9-6-3)62-80-68(73)56-53-50-47-44-41-38-35-32-29-26-23-20-17-14-11-8-5-2/h8,11,16-17,19-20,25-29,31,33-35,38,64-66,70-71H,4-7,9-10,12-15,18,21-24,30,32,36-37,39-63H2,1-3H3,(H,75,76)(H,77,78)/b11-8-,19-16-,20-17-,28-25-,29-26-,33-31-,34-27-,38-35-. The van der Waals surface area contributed by atoms with Crippen molar-refractivity contribution in [1.29, 1.82) is 0 Å². The average Bonchev–Trinajstić information content (AvgIpc) is 3.68. The lowest BCUT2D eigenvalue weighted by Crippen LogP contribution is -2.30. The van der Waals surface area contributed by atoms with E-state index in [1.165, 1.54) is 64.2 Å². The Morgan fingerprint density at radius 3 is 1.00 bits per heavy atom. The minimum absolute atomic E-state index is 0.0877. The number of aliphatic hydroxyl groups excluding tert-OH is 2. The second kappa shape index (κ2) is 62.7. The molecule has 5 atom stereocenters. The maximum atomic E-state index is 12.9. The number of carbonyl (C=O) groups excluding carboxylic acids is 3. The molecule has 0 aliphatic carbocycles. The van der Waals surface area contributed by atoms with Crippen LogP contribution in [0.2, 0.25) is 0 Å². The summed E-state index contributed by atoms with van der Waals surface area (Å²) in [5.41, 5.74) is 0. The van der Waals surface area contributed by atoms with E-state index in [0.29, 0.717) is 19.3 Å². The molecule has 0 aromatic carbocycles. The van der Waals surface area contributed by atoms with E-state index in [2.05, 4.69) is 118 Å². The topological polar surface area (TPSA) is 231 Å². The molecule has 16 nitrogen and oxygen atoms in total. The second-order valence-electron chi connectivity index (χ2n) is 22.2. The first-order chi connectivity index (χ1) is 42.2. The molecule has 502 valence electrons. The molecule has 87 heavy (non-hydrogen) atoms. The van der Waals surface area contributed by atoms with E-state index >= 15 is 0 Å². The van der Waals surface area contributed by atoms with Crippen LogP contribution in [0.3, 0.4) is 0 Å². The van der Waals surface area contributed by atoms with Gasteiger partial charge in [0.25, 0.3) is 0 Å². The first kappa shape index (κ1) is 83.5. The van der Waals surface area contributed by atoms with Gasteiger partial charge in [0.15, 0.2) is 6.10 Å². The van der Waals surface area contributed by atoms with E-state index < -0.39 is 91.5 Å². The van der Waals surface area contributed by atoms with Crippen molar-refractivity contribution in [2.75, 3.05) is 39.6 Å². The van der Waals surface area contributed by atoms with Crippen LogP contribution in [0, 0.1) is 0 Å². The lowest BCUT2D eigenvalue weighted by Gasteiger charge is -2.21. The Bertz CT molecular complexity index is 1980. The van der Waals surface area contributed by atoms with Crippen LogP contribution in [0.25, 0.3) is 0 Å². The minimum atomic E-state index is -4.93. The molecule has 0 aliphatic rings. The van der Waals surface area contributed by atoms with E-state index in [-0.39, 0.29) is 19.3 Å². The third kappa shape index (κ3) is 63.8. The molecule has 0 saturated carbocycles. The second-order valence-corrected chi connectivity index (χ2v) is 25.1. The molecule has 5 unspecified atom stereocenters. The van der Waals surface area contributed by atoms with Gasteiger partial charge in [0.2, 0.25) is 0 Å². The molecule has 0 fully saturated rings. The van der Waals surface area contributed by atoms with E-state index in [1.54, 1.807) is 0 Å². The molecule has 0 rings (SSSR count). The third-order valence-electron chi connectivity index (χ3n) is 13.8. The number of phosphoric ester groups is 2. The molecular weight excluding hydrogens is 1150 g/mol. The summed E-state index contributed by atoms with van der Waals surface area (Å²) in [4.78, 5) is 58.3. The summed E-state index contributed by atoms with van der Waals surface area (Å²) in [6, 6.07) is 0. The first-order valence-electron chi connectivity index (χ1n) is 33.5. The molecule has 0 aromatic heterocycles. The molecule has 0 aliphatic heterocycles. The highest BCUT2D eigenvalue weighted by Gasteiger charge is 2.29. The van der Waals surface area contributed by atoms with Crippen LogP contribution in [-0.2, 0) is 55.8 Å². The molecule has 18 heteroatoms. The lowest BCUT2D eigenvalue weighted by atomic mass is 10.1. The fraction of sp³-hybridized carbons (Fsp3) is 0.725. The van der Waals surface area contributed by atoms with Gasteiger partial charge in [-0.3, -0.25) is 32.5 Å². The highest BCUT2D eigenvalue weighted by Crippen LogP contribution is 2.45. The van der Waals surface area contributed by atoms with Crippen LogP contribution < -0.4 is 0 Å². The Balaban J connectivity index is 4.71. The van der Waals surface area contributed by atoms with Crippen LogP contribution in [-0.4, -0.2) is 95.9 Å². The monoisotopic (exact) mass is 1270 g/mol. The number of carbonyl (C=O) groups is 3. The quantitative estimate of drug-likeness (QED) is 0.0146. The summed E-state index contributed by atoms with van der Waals surface area (Å²) in [5.74, 6) is -1.62. The predicted octanol–water partition coefficient (Wildman–Crippen LogP) is 18.3. The zero-order chi connectivity index (χ0) is 63.8. The molecular formula is C69H120O16P2. The normalized spacial score (nSPS) is 14.9. The van der Waals surface area contributed by atoms with E-state index in [9.17, 15) is 43.5 Å². The van der Waals surface area contributed by atoms with Gasteiger partial charge in [-0.25, -0.2) is 9.13 Å². The van der Waals surface area contributed by atoms with E-state index in [1.807, 2.05) is 0 Å². The zero-order valence-corrected chi connectivity index (χ0v) is 56.0. The highest BCUT2D eigenvalue weighted by atomic mass is 31.2. The molecule has 0 bridgehead atoms. The number of allylic oxidation sites excluding steroid dienone is 16. The molecule has 0 spiro atoms. The van der Waals surface area contributed by atoms with Crippen molar-refractivity contribution in [3.8, 4) is 0 Å². The van der Waals surface area contributed by atoms with Crippen molar-refractivity contribution in [2.24, 2.45) is 0 Å².